The Balaban J connectivity index is 1.68. The summed E-state index contributed by atoms with van der Waals surface area (Å²) in [5.41, 5.74) is 12.5. The summed E-state index contributed by atoms with van der Waals surface area (Å²) >= 11 is 0. The molecule has 6 rings (SSSR count). The first-order valence-corrected chi connectivity index (χ1v) is 13.3. The van der Waals surface area contributed by atoms with Crippen molar-refractivity contribution in [2.24, 2.45) is 5.41 Å². The lowest BCUT2D eigenvalue weighted by molar-refractivity contribution is 0.171. The van der Waals surface area contributed by atoms with Gasteiger partial charge < -0.3 is 9.80 Å². The van der Waals surface area contributed by atoms with E-state index in [0.29, 0.717) is 0 Å². The summed E-state index contributed by atoms with van der Waals surface area (Å²) in [6.45, 7) is 18.2. The summed E-state index contributed by atoms with van der Waals surface area (Å²) in [4.78, 5) is 5.17. The lowest BCUT2D eigenvalue weighted by Gasteiger charge is -2.57. The molecule has 0 aliphatic carbocycles. The fraction of sp³-hybridized carbons (Fsp3) is 0.257. The number of hydrogen-bond donors (Lipinski definition) is 0. The van der Waals surface area contributed by atoms with Crippen LogP contribution >= 0.6 is 0 Å². The zero-order chi connectivity index (χ0) is 26.1. The van der Waals surface area contributed by atoms with Crippen LogP contribution in [0.15, 0.2) is 97.6 Å². The zero-order valence-electron chi connectivity index (χ0n) is 22.8. The number of fused-ring (bicyclic) bond motifs is 5. The van der Waals surface area contributed by atoms with Gasteiger partial charge in [0.2, 0.25) is 0 Å². The van der Waals surface area contributed by atoms with Crippen LogP contribution in [0.4, 0.5) is 22.7 Å². The molecule has 2 aliphatic rings. The van der Waals surface area contributed by atoms with Crippen LogP contribution in [0.5, 0.6) is 0 Å². The van der Waals surface area contributed by atoms with Crippen LogP contribution in [0.3, 0.4) is 0 Å². The molecule has 4 aromatic rings. The van der Waals surface area contributed by atoms with Gasteiger partial charge in [0.25, 0.3) is 0 Å². The van der Waals surface area contributed by atoms with Crippen molar-refractivity contribution in [3.8, 4) is 11.1 Å². The molecule has 0 fully saturated rings. The van der Waals surface area contributed by atoms with E-state index in [2.05, 4.69) is 149 Å². The van der Waals surface area contributed by atoms with Crippen molar-refractivity contribution in [1.29, 1.82) is 0 Å². The molecule has 0 amide bonds. The fourth-order valence-corrected chi connectivity index (χ4v) is 6.84. The third-order valence-corrected chi connectivity index (χ3v) is 9.24. The second-order valence-electron chi connectivity index (χ2n) is 11.5. The molecule has 2 heteroatoms. The van der Waals surface area contributed by atoms with E-state index in [-0.39, 0.29) is 17.0 Å². The minimum Gasteiger partial charge on any atom is -0.317 e. The maximum atomic E-state index is 4.40. The van der Waals surface area contributed by atoms with Gasteiger partial charge in [-0.15, -0.1) is 6.58 Å². The Morgan fingerprint density at radius 2 is 1.19 bits per heavy atom. The number of aryl methyl sites for hydroxylation is 3. The van der Waals surface area contributed by atoms with Gasteiger partial charge in [-0.25, -0.2) is 0 Å². The summed E-state index contributed by atoms with van der Waals surface area (Å²) in [6, 6.07) is 31.3. The molecule has 2 heterocycles. The molecule has 186 valence electrons. The van der Waals surface area contributed by atoms with Crippen LogP contribution in [-0.2, 0) is 5.41 Å². The molecular weight excluding hydrogens is 448 g/mol. The van der Waals surface area contributed by atoms with Gasteiger partial charge in [-0.3, -0.25) is 0 Å². The molecule has 2 unspecified atom stereocenters. The van der Waals surface area contributed by atoms with Crippen LogP contribution in [-0.4, -0.2) is 6.17 Å². The number of rotatable bonds is 3. The van der Waals surface area contributed by atoms with E-state index in [1.165, 1.54) is 56.1 Å². The summed E-state index contributed by atoms with van der Waals surface area (Å²) in [5.74, 6) is 0. The normalized spacial score (nSPS) is 21.3. The zero-order valence-corrected chi connectivity index (χ0v) is 22.8. The molecule has 2 nitrogen and oxygen atoms in total. The molecule has 0 bridgehead atoms. The van der Waals surface area contributed by atoms with Crippen molar-refractivity contribution in [3.05, 3.63) is 120 Å². The summed E-state index contributed by atoms with van der Waals surface area (Å²) in [7, 11) is 0. The minimum absolute atomic E-state index is 0.0923. The van der Waals surface area contributed by atoms with E-state index in [1.807, 2.05) is 0 Å². The molecule has 0 saturated carbocycles. The molecule has 4 aromatic carbocycles. The molecule has 0 radical (unpaired) electrons. The van der Waals surface area contributed by atoms with Crippen molar-refractivity contribution >= 4 is 22.7 Å². The molecule has 0 spiro atoms. The smallest absolute Gasteiger partial charge is 0.117 e. The van der Waals surface area contributed by atoms with Crippen LogP contribution in [0.1, 0.15) is 43.0 Å². The second kappa shape index (κ2) is 8.11. The largest absolute Gasteiger partial charge is 0.317 e. The van der Waals surface area contributed by atoms with Crippen molar-refractivity contribution in [2.75, 3.05) is 9.80 Å². The monoisotopic (exact) mass is 484 g/mol. The third kappa shape index (κ3) is 3.11. The average molecular weight is 485 g/mol. The predicted octanol–water partition coefficient (Wildman–Crippen LogP) is 9.38. The number of benzene rings is 4. The highest BCUT2D eigenvalue weighted by Gasteiger charge is 2.58. The van der Waals surface area contributed by atoms with Crippen LogP contribution in [0, 0.1) is 26.2 Å². The number of anilines is 4. The fourth-order valence-electron chi connectivity index (χ4n) is 6.84. The van der Waals surface area contributed by atoms with E-state index in [1.54, 1.807) is 0 Å². The van der Waals surface area contributed by atoms with Gasteiger partial charge in [0, 0.05) is 22.2 Å². The van der Waals surface area contributed by atoms with Gasteiger partial charge >= 0.3 is 0 Å². The molecule has 0 saturated heterocycles. The highest BCUT2D eigenvalue weighted by molar-refractivity contribution is 5.93. The van der Waals surface area contributed by atoms with Crippen LogP contribution in [0.25, 0.3) is 11.1 Å². The minimum atomic E-state index is -0.230. The Morgan fingerprint density at radius 1 is 0.649 bits per heavy atom. The van der Waals surface area contributed by atoms with Crippen molar-refractivity contribution in [1.82, 2.24) is 0 Å². The summed E-state index contributed by atoms with van der Waals surface area (Å²) in [5, 5.41) is 0. The topological polar surface area (TPSA) is 6.48 Å². The molecule has 37 heavy (non-hydrogen) atoms. The number of para-hydroxylation sites is 3. The summed E-state index contributed by atoms with van der Waals surface area (Å²) in [6.07, 6.45) is 2.27. The molecule has 0 aromatic heterocycles. The molecule has 2 atom stereocenters. The lowest BCUT2D eigenvalue weighted by Crippen LogP contribution is -2.60. The molecule has 0 N–H and O–H groups in total. The Labute approximate surface area is 221 Å². The van der Waals surface area contributed by atoms with E-state index >= 15 is 0 Å². The second-order valence-corrected chi connectivity index (χ2v) is 11.5. The average Bonchev–Trinajstić information content (AvgIpc) is 3.24. The van der Waals surface area contributed by atoms with Crippen molar-refractivity contribution in [2.45, 2.75) is 53.1 Å². The van der Waals surface area contributed by atoms with Crippen molar-refractivity contribution < 1.29 is 0 Å². The first-order valence-electron chi connectivity index (χ1n) is 13.3. The van der Waals surface area contributed by atoms with Crippen LogP contribution < -0.4 is 9.80 Å². The van der Waals surface area contributed by atoms with E-state index in [4.69, 9.17) is 0 Å². The quantitative estimate of drug-likeness (QED) is 0.267. The first kappa shape index (κ1) is 23.6. The van der Waals surface area contributed by atoms with Crippen molar-refractivity contribution in [3.63, 3.8) is 0 Å². The SMILES string of the molecule is C=CC1(C)c2ccc(-c3c(C)cccc3C)cc2N2c3ccccc3N(c3ccccc3C)C2C1(C)C. The number of allylic oxidation sites excluding steroid dienone is 1. The molecule has 2 aliphatic heterocycles. The van der Waals surface area contributed by atoms with Gasteiger partial charge in [0.05, 0.1) is 11.4 Å². The van der Waals surface area contributed by atoms with E-state index < -0.39 is 0 Å². The summed E-state index contributed by atoms with van der Waals surface area (Å²) < 4.78 is 0. The van der Waals surface area contributed by atoms with Crippen LogP contribution in [0.2, 0.25) is 0 Å². The Kier molecular flexibility index (Phi) is 5.18. The van der Waals surface area contributed by atoms with Gasteiger partial charge in [-0.05, 0) is 78.4 Å². The number of nitrogens with zero attached hydrogens (tertiary/aromatic N) is 2. The van der Waals surface area contributed by atoms with Gasteiger partial charge in [-0.1, -0.05) is 87.5 Å². The third-order valence-electron chi connectivity index (χ3n) is 9.24. The highest BCUT2D eigenvalue weighted by Crippen LogP contribution is 2.63. The van der Waals surface area contributed by atoms with Gasteiger partial charge in [0.15, 0.2) is 0 Å². The predicted molar refractivity (Wildman–Crippen MR) is 158 cm³/mol. The number of hydrogen-bond acceptors (Lipinski definition) is 2. The lowest BCUT2D eigenvalue weighted by atomic mass is 9.58. The van der Waals surface area contributed by atoms with E-state index in [0.717, 1.165) is 0 Å². The standard InChI is InChI=1S/C35H36N2/c1-8-35(7)27-21-20-26(32-24(3)15-13-16-25(32)4)22-31(27)37-30-19-12-11-18-29(30)36(33(37)34(35,5)6)28-17-10-9-14-23(28)2/h8-22,33H,1H2,2-7H3. The Morgan fingerprint density at radius 3 is 1.78 bits per heavy atom. The molecular formula is C35H36N2. The van der Waals surface area contributed by atoms with Gasteiger partial charge in [-0.2, -0.15) is 0 Å². The van der Waals surface area contributed by atoms with E-state index in [9.17, 15) is 0 Å². The Hall–Kier alpha value is -3.78. The van der Waals surface area contributed by atoms with Gasteiger partial charge in [0.1, 0.15) is 6.17 Å². The Bertz CT molecular complexity index is 1520. The maximum absolute atomic E-state index is 4.40. The first-order chi connectivity index (χ1) is 17.7. The maximum Gasteiger partial charge on any atom is 0.117 e. The highest BCUT2D eigenvalue weighted by atomic mass is 15.4.